The predicted molar refractivity (Wildman–Crippen MR) is 83.6 cm³/mol. The lowest BCUT2D eigenvalue weighted by molar-refractivity contribution is 0.0695. The first-order valence-electron chi connectivity index (χ1n) is 6.38. The van der Waals surface area contributed by atoms with E-state index in [1.165, 1.54) is 4.90 Å². The molecule has 21 heavy (non-hydrogen) atoms. The Balaban J connectivity index is 3.40. The Morgan fingerprint density at radius 2 is 2.00 bits per heavy atom. The van der Waals surface area contributed by atoms with Crippen molar-refractivity contribution in [2.75, 3.05) is 6.54 Å². The number of carbonyl (C=O) groups is 1. The molecule has 0 N–H and O–H groups in total. The summed E-state index contributed by atoms with van der Waals surface area (Å²) < 4.78 is 36.9. The van der Waals surface area contributed by atoms with E-state index in [2.05, 4.69) is 15.9 Å². The van der Waals surface area contributed by atoms with Crippen LogP contribution in [0.15, 0.2) is 21.5 Å². The maximum Gasteiger partial charge on any atom is 0.262 e. The molecule has 0 aromatic heterocycles. The number of carbonyl (C=O) groups excluding carboxylic acids is 1. The van der Waals surface area contributed by atoms with Gasteiger partial charge in [-0.1, -0.05) is 6.92 Å². The highest BCUT2D eigenvalue weighted by Crippen LogP contribution is 2.29. The zero-order valence-corrected chi connectivity index (χ0v) is 15.0. The predicted octanol–water partition coefficient (Wildman–Crippen LogP) is 3.78. The summed E-state index contributed by atoms with van der Waals surface area (Å²) in [5.41, 5.74) is -0.306. The van der Waals surface area contributed by atoms with Crippen LogP contribution in [0, 0.1) is 5.82 Å². The maximum atomic E-state index is 14.0. The smallest absolute Gasteiger partial charge is 0.262 e. The van der Waals surface area contributed by atoms with Gasteiger partial charge in [0.2, 0.25) is 0 Å². The fourth-order valence-corrected chi connectivity index (χ4v) is 4.08. The molecule has 1 amide bonds. The van der Waals surface area contributed by atoms with Crippen molar-refractivity contribution in [3.05, 3.63) is 28.0 Å². The second-order valence-electron chi connectivity index (χ2n) is 4.55. The van der Waals surface area contributed by atoms with Crippen LogP contribution >= 0.6 is 26.6 Å². The van der Waals surface area contributed by atoms with Crippen molar-refractivity contribution in [2.45, 2.75) is 38.1 Å². The van der Waals surface area contributed by atoms with Gasteiger partial charge in [0, 0.05) is 27.7 Å². The van der Waals surface area contributed by atoms with Gasteiger partial charge in [0.1, 0.15) is 5.82 Å². The Morgan fingerprint density at radius 1 is 1.43 bits per heavy atom. The van der Waals surface area contributed by atoms with Crippen LogP contribution in [0.5, 0.6) is 0 Å². The lowest BCUT2D eigenvalue weighted by atomic mass is 10.1. The number of rotatable bonds is 5. The fourth-order valence-electron chi connectivity index (χ4n) is 1.91. The summed E-state index contributed by atoms with van der Waals surface area (Å²) in [4.78, 5) is 13.6. The first-order chi connectivity index (χ1) is 9.63. The molecular formula is C13H16BrClFNO3S. The summed E-state index contributed by atoms with van der Waals surface area (Å²) >= 11 is 2.93. The van der Waals surface area contributed by atoms with Crippen LogP contribution in [0.1, 0.15) is 37.6 Å². The molecule has 0 spiro atoms. The van der Waals surface area contributed by atoms with Gasteiger partial charge in [-0.05, 0) is 48.3 Å². The average molecular weight is 401 g/mol. The van der Waals surface area contributed by atoms with E-state index in [1.807, 2.05) is 13.8 Å². The van der Waals surface area contributed by atoms with Crippen LogP contribution in [0.2, 0.25) is 0 Å². The van der Waals surface area contributed by atoms with Gasteiger partial charge in [-0.2, -0.15) is 0 Å². The molecule has 1 atom stereocenters. The molecule has 1 rings (SSSR count). The standard InChI is InChI=1S/C13H16BrClFNO3S/c1-4-8(3)17(5-2)13(18)9-6-12(21(15,19)20)10(14)7-11(9)16/h6-8H,4-5H2,1-3H3. The van der Waals surface area contributed by atoms with Crippen molar-refractivity contribution >= 4 is 41.6 Å². The molecule has 4 nitrogen and oxygen atoms in total. The number of hydrogen-bond acceptors (Lipinski definition) is 3. The molecular weight excluding hydrogens is 385 g/mol. The van der Waals surface area contributed by atoms with Crippen molar-refractivity contribution in [3.8, 4) is 0 Å². The van der Waals surface area contributed by atoms with Gasteiger partial charge in [0.25, 0.3) is 15.0 Å². The molecule has 0 bridgehead atoms. The Bertz CT molecular complexity index is 651. The Kier molecular flexibility index (Phi) is 6.19. The van der Waals surface area contributed by atoms with E-state index in [-0.39, 0.29) is 21.0 Å². The molecule has 0 aliphatic rings. The highest BCUT2D eigenvalue weighted by atomic mass is 79.9. The highest BCUT2D eigenvalue weighted by molar-refractivity contribution is 9.10. The minimum absolute atomic E-state index is 0.0156. The van der Waals surface area contributed by atoms with Crippen molar-refractivity contribution < 1.29 is 17.6 Å². The van der Waals surface area contributed by atoms with Gasteiger partial charge in [-0.3, -0.25) is 4.79 Å². The normalized spacial score (nSPS) is 13.0. The lowest BCUT2D eigenvalue weighted by Gasteiger charge is -2.27. The van der Waals surface area contributed by atoms with Crippen LogP contribution < -0.4 is 0 Å². The molecule has 0 heterocycles. The summed E-state index contributed by atoms with van der Waals surface area (Å²) in [6, 6.07) is 1.82. The first kappa shape index (κ1) is 18.4. The van der Waals surface area contributed by atoms with Gasteiger partial charge in [0.15, 0.2) is 0 Å². The maximum absolute atomic E-state index is 14.0. The molecule has 0 fully saturated rings. The number of halogens is 3. The minimum atomic E-state index is -4.08. The summed E-state index contributed by atoms with van der Waals surface area (Å²) in [6.07, 6.45) is 0.707. The number of amides is 1. The highest BCUT2D eigenvalue weighted by Gasteiger charge is 2.25. The molecule has 0 aliphatic heterocycles. The van der Waals surface area contributed by atoms with Crippen molar-refractivity contribution in [2.24, 2.45) is 0 Å². The van der Waals surface area contributed by atoms with Crippen LogP contribution in [0.3, 0.4) is 0 Å². The molecule has 0 saturated carbocycles. The zero-order valence-electron chi connectivity index (χ0n) is 11.9. The third-order valence-electron chi connectivity index (χ3n) is 3.24. The second kappa shape index (κ2) is 7.07. The third kappa shape index (κ3) is 4.17. The van der Waals surface area contributed by atoms with Crippen LogP contribution in [0.25, 0.3) is 0 Å². The topological polar surface area (TPSA) is 54.5 Å². The molecule has 0 radical (unpaired) electrons. The van der Waals surface area contributed by atoms with E-state index in [0.717, 1.165) is 12.1 Å². The van der Waals surface area contributed by atoms with Crippen LogP contribution in [0.4, 0.5) is 4.39 Å². The largest absolute Gasteiger partial charge is 0.336 e. The first-order valence-corrected chi connectivity index (χ1v) is 9.48. The zero-order chi connectivity index (χ0) is 16.4. The van der Waals surface area contributed by atoms with E-state index in [9.17, 15) is 17.6 Å². The summed E-state index contributed by atoms with van der Waals surface area (Å²) in [7, 11) is 1.21. The van der Waals surface area contributed by atoms with Gasteiger partial charge in [-0.25, -0.2) is 12.8 Å². The number of hydrogen-bond donors (Lipinski definition) is 0. The quantitative estimate of drug-likeness (QED) is 0.707. The Hall–Kier alpha value is -0.660. The summed E-state index contributed by atoms with van der Waals surface area (Å²) in [6.45, 7) is 5.93. The number of nitrogens with zero attached hydrogens (tertiary/aromatic N) is 1. The molecule has 0 saturated heterocycles. The molecule has 1 unspecified atom stereocenters. The Morgan fingerprint density at radius 3 is 2.43 bits per heavy atom. The monoisotopic (exact) mass is 399 g/mol. The molecule has 0 aliphatic carbocycles. The fraction of sp³-hybridized carbons (Fsp3) is 0.462. The van der Waals surface area contributed by atoms with Crippen LogP contribution in [-0.4, -0.2) is 31.8 Å². The van der Waals surface area contributed by atoms with Crippen molar-refractivity contribution in [1.82, 2.24) is 4.90 Å². The van der Waals surface area contributed by atoms with E-state index in [0.29, 0.717) is 13.0 Å². The third-order valence-corrected chi connectivity index (χ3v) is 5.52. The summed E-state index contributed by atoms with van der Waals surface area (Å²) in [5, 5.41) is 0. The molecule has 8 heteroatoms. The van der Waals surface area contributed by atoms with Gasteiger partial charge in [-0.15, -0.1) is 0 Å². The average Bonchev–Trinajstić information content (AvgIpc) is 2.37. The molecule has 1 aromatic carbocycles. The second-order valence-corrected chi connectivity index (χ2v) is 7.94. The van der Waals surface area contributed by atoms with E-state index >= 15 is 0 Å². The van der Waals surface area contributed by atoms with Gasteiger partial charge in [0.05, 0.1) is 10.5 Å². The van der Waals surface area contributed by atoms with Crippen molar-refractivity contribution in [3.63, 3.8) is 0 Å². The molecule has 1 aromatic rings. The molecule has 118 valence electrons. The summed E-state index contributed by atoms with van der Waals surface area (Å²) in [5.74, 6) is -1.35. The minimum Gasteiger partial charge on any atom is -0.336 e. The van der Waals surface area contributed by atoms with Crippen LogP contribution in [-0.2, 0) is 9.05 Å². The number of benzene rings is 1. The SMILES string of the molecule is CCC(C)N(CC)C(=O)c1cc(S(=O)(=O)Cl)c(Br)cc1F. The van der Waals surface area contributed by atoms with E-state index in [1.54, 1.807) is 6.92 Å². The van der Waals surface area contributed by atoms with Gasteiger partial charge >= 0.3 is 0 Å². The van der Waals surface area contributed by atoms with Gasteiger partial charge < -0.3 is 4.90 Å². The van der Waals surface area contributed by atoms with E-state index in [4.69, 9.17) is 10.7 Å². The van der Waals surface area contributed by atoms with Crippen molar-refractivity contribution in [1.29, 1.82) is 0 Å². The Labute approximate surface area is 136 Å². The van der Waals surface area contributed by atoms with E-state index < -0.39 is 20.8 Å². The lowest BCUT2D eigenvalue weighted by Crippen LogP contribution is -2.38.